The van der Waals surface area contributed by atoms with E-state index in [1.54, 1.807) is 55.9 Å². The van der Waals surface area contributed by atoms with Gasteiger partial charge < -0.3 is 25.4 Å². The third kappa shape index (κ3) is 14.0. The number of hydrogen-bond acceptors (Lipinski definition) is 19. The summed E-state index contributed by atoms with van der Waals surface area (Å²) in [7, 11) is 3.73. The van der Waals surface area contributed by atoms with Crippen molar-refractivity contribution in [2.45, 2.75) is 109 Å². The molecule has 0 amide bonds. The van der Waals surface area contributed by atoms with Crippen LogP contribution in [0.15, 0.2) is 98.1 Å². The van der Waals surface area contributed by atoms with Crippen molar-refractivity contribution in [2.75, 3.05) is 50.2 Å². The summed E-state index contributed by atoms with van der Waals surface area (Å²) in [6.45, 7) is 17.8. The Morgan fingerprint density at radius 3 is 1.62 bits per heavy atom. The lowest BCUT2D eigenvalue weighted by Crippen LogP contribution is -2.48. The number of nitrogens with zero attached hydrogens (tertiary/aromatic N) is 15. The van der Waals surface area contributed by atoms with Crippen LogP contribution in [0.25, 0.3) is 22.5 Å². The van der Waals surface area contributed by atoms with Crippen LogP contribution in [0.5, 0.6) is 0 Å². The predicted octanol–water partition coefficient (Wildman–Crippen LogP) is 7.33. The van der Waals surface area contributed by atoms with Crippen molar-refractivity contribution in [3.05, 3.63) is 132 Å². The molecule has 0 spiro atoms. The Bertz CT molecular complexity index is 3500. The molecule has 0 unspecified atom stereocenters. The second-order valence-corrected chi connectivity index (χ2v) is 22.9. The minimum absolute atomic E-state index is 0.0225. The standard InChI is InChI=1S/C29H35N9O2.C26H31N9O.C3H4O2/c1-29(2,3)38-16-26(34-35-38)27(39)12-19-8-10-37(23-17-40-18-23)14-21-11-20(5-6-24(19)21)25-7-9-30-28(33-25)32-22-13-31-36(4)15-22;1-26(2,3)35-16-23(32-33-35)24(36)12-17-7-9-27-13-19-11-18(5-6-21(17)19)22-8-10-28-25(31-22)30-20-14-29-34(4)15-20;4-3-1-5-2-3/h5-7,9,11,13,15-16,19,23H,8,10,12,14,17-18H2,1-4H3,(H,30,32,33);5-6,8,10-11,14-17,27H,7,9,12-13H2,1-4H3,(H,28,30,31);1-2H2/t19-;17-;/m00./s1. The van der Waals surface area contributed by atoms with E-state index in [2.05, 4.69) is 103 Å². The lowest BCUT2D eigenvalue weighted by molar-refractivity contribution is -0.140. The number of fused-ring (bicyclic) bond motifs is 2. The fraction of sp³-hybridized carbons (Fsp3) is 0.431. The van der Waals surface area contributed by atoms with Crippen molar-refractivity contribution >= 4 is 40.6 Å². The molecule has 2 aromatic carbocycles. The van der Waals surface area contributed by atoms with Crippen LogP contribution in [0.3, 0.4) is 0 Å². The molecule has 23 nitrogen and oxygen atoms in total. The number of Topliss-reactive ketones (excluding diaryl/α,β-unsaturated/α-hetero) is 3. The Morgan fingerprint density at radius 2 is 1.17 bits per heavy atom. The molecule has 81 heavy (non-hydrogen) atoms. The molecule has 8 aromatic rings. The molecule has 3 N–H and O–H groups in total. The van der Waals surface area contributed by atoms with Crippen molar-refractivity contribution in [3.63, 3.8) is 0 Å². The Hall–Kier alpha value is -8.25. The van der Waals surface area contributed by atoms with Gasteiger partial charge in [-0.25, -0.2) is 29.3 Å². The number of hydrogen-bond donors (Lipinski definition) is 3. The number of aryl methyl sites for hydroxylation is 2. The maximum Gasteiger partial charge on any atom is 0.227 e. The lowest BCUT2D eigenvalue weighted by atomic mass is 9.87. The van der Waals surface area contributed by atoms with E-state index in [9.17, 15) is 14.4 Å². The lowest BCUT2D eigenvalue weighted by Gasteiger charge is -2.36. The third-order valence-corrected chi connectivity index (χ3v) is 14.6. The van der Waals surface area contributed by atoms with Crippen molar-refractivity contribution in [1.82, 2.24) is 79.7 Å². The molecule has 0 aliphatic carbocycles. The second-order valence-electron chi connectivity index (χ2n) is 22.9. The van der Waals surface area contributed by atoms with Crippen molar-refractivity contribution in [1.29, 1.82) is 0 Å². The predicted molar refractivity (Wildman–Crippen MR) is 303 cm³/mol. The largest absolute Gasteiger partial charge is 0.378 e. The van der Waals surface area contributed by atoms with Gasteiger partial charge in [0.05, 0.1) is 77.9 Å². The van der Waals surface area contributed by atoms with Gasteiger partial charge in [-0.3, -0.25) is 28.6 Å². The first-order valence-corrected chi connectivity index (χ1v) is 27.4. The van der Waals surface area contributed by atoms with Crippen molar-refractivity contribution in [3.8, 4) is 22.5 Å². The Balaban J connectivity index is 0.000000168. The Kier molecular flexibility index (Phi) is 16.8. The van der Waals surface area contributed by atoms with Gasteiger partial charge in [-0.1, -0.05) is 34.7 Å². The summed E-state index contributed by atoms with van der Waals surface area (Å²) in [6.07, 6.45) is 16.8. The van der Waals surface area contributed by atoms with Gasteiger partial charge in [0.2, 0.25) is 11.9 Å². The molecule has 0 bridgehead atoms. The maximum atomic E-state index is 13.4. The average Bonchev–Trinajstić information content (AvgIpc) is 4.28. The first kappa shape index (κ1) is 56.0. The minimum atomic E-state index is -0.226. The molecule has 0 radical (unpaired) electrons. The van der Waals surface area contributed by atoms with Crippen LogP contribution in [0.4, 0.5) is 23.3 Å². The summed E-state index contributed by atoms with van der Waals surface area (Å²) >= 11 is 0. The summed E-state index contributed by atoms with van der Waals surface area (Å²) in [4.78, 5) is 56.9. The third-order valence-electron chi connectivity index (χ3n) is 14.6. The highest BCUT2D eigenvalue weighted by Crippen LogP contribution is 2.37. The molecule has 0 saturated carbocycles. The summed E-state index contributed by atoms with van der Waals surface area (Å²) in [5, 5.41) is 35.0. The van der Waals surface area contributed by atoms with Crippen LogP contribution in [0.1, 0.15) is 122 Å². The molecule has 2 saturated heterocycles. The van der Waals surface area contributed by atoms with Crippen molar-refractivity contribution < 1.29 is 23.9 Å². The first-order valence-electron chi connectivity index (χ1n) is 27.4. The quantitative estimate of drug-likeness (QED) is 0.0955. The summed E-state index contributed by atoms with van der Waals surface area (Å²) in [5.74, 6) is 1.50. The number of ketones is 3. The number of aromatic nitrogens is 14. The number of anilines is 4. The number of carbonyl (C=O) groups excluding carboxylic acids is 3. The van der Waals surface area contributed by atoms with Crippen LogP contribution in [-0.4, -0.2) is 137 Å². The van der Waals surface area contributed by atoms with Gasteiger partial charge in [0.25, 0.3) is 0 Å². The summed E-state index contributed by atoms with van der Waals surface area (Å²) in [5.41, 5.74) is 10.6. The minimum Gasteiger partial charge on any atom is -0.378 e. The van der Waals surface area contributed by atoms with E-state index in [0.29, 0.717) is 55.4 Å². The Morgan fingerprint density at radius 1 is 0.667 bits per heavy atom. The van der Waals surface area contributed by atoms with Crippen molar-refractivity contribution in [2.24, 2.45) is 14.1 Å². The van der Waals surface area contributed by atoms with E-state index in [-0.39, 0.29) is 40.3 Å². The molecular formula is C58H70N18O5. The number of carbonyl (C=O) groups is 3. The zero-order chi connectivity index (χ0) is 56.8. The summed E-state index contributed by atoms with van der Waals surface area (Å²) < 4.78 is 16.9. The summed E-state index contributed by atoms with van der Waals surface area (Å²) in [6, 6.07) is 17.1. The van der Waals surface area contributed by atoms with Gasteiger partial charge in [-0.05, 0) is 126 Å². The molecule has 4 aliphatic heterocycles. The molecule has 12 rings (SSSR count). The monoisotopic (exact) mass is 1100 g/mol. The van der Waals surface area contributed by atoms with Crippen LogP contribution in [0, 0.1) is 0 Å². The van der Waals surface area contributed by atoms with E-state index in [4.69, 9.17) is 14.7 Å². The Labute approximate surface area is 470 Å². The number of nitrogens with one attached hydrogen (secondary N) is 3. The van der Waals surface area contributed by atoms with Gasteiger partial charge in [-0.2, -0.15) is 10.2 Å². The second kappa shape index (κ2) is 24.2. The van der Waals surface area contributed by atoms with Gasteiger partial charge in [0, 0.05) is 75.9 Å². The topological polar surface area (TPSA) is 258 Å². The highest BCUT2D eigenvalue weighted by Gasteiger charge is 2.33. The van der Waals surface area contributed by atoms with Crippen LogP contribution in [-0.2, 0) is 52.5 Å². The normalized spacial score (nSPS) is 17.4. The number of benzene rings is 2. The molecule has 6 aromatic heterocycles. The highest BCUT2D eigenvalue weighted by atomic mass is 16.5. The zero-order valence-corrected chi connectivity index (χ0v) is 47.2. The molecule has 2 atom stereocenters. The van der Waals surface area contributed by atoms with Gasteiger partial charge in [0.15, 0.2) is 17.3 Å². The van der Waals surface area contributed by atoms with Crippen LogP contribution in [0.2, 0.25) is 0 Å². The molecule has 4 aliphatic rings. The van der Waals surface area contributed by atoms with E-state index in [1.807, 2.05) is 80.2 Å². The maximum absolute atomic E-state index is 13.4. The van der Waals surface area contributed by atoms with E-state index in [1.165, 1.54) is 22.3 Å². The fourth-order valence-electron chi connectivity index (χ4n) is 9.89. The molecule has 10 heterocycles. The smallest absolute Gasteiger partial charge is 0.227 e. The molecule has 23 heteroatoms. The number of rotatable bonds is 13. The zero-order valence-electron chi connectivity index (χ0n) is 47.2. The van der Waals surface area contributed by atoms with Crippen LogP contribution < -0.4 is 16.0 Å². The molecular weight excluding hydrogens is 1030 g/mol. The highest BCUT2D eigenvalue weighted by molar-refractivity contribution is 5.95. The van der Waals surface area contributed by atoms with Gasteiger partial charge >= 0.3 is 0 Å². The van der Waals surface area contributed by atoms with Gasteiger partial charge in [0.1, 0.15) is 24.6 Å². The first-order chi connectivity index (χ1) is 38.9. The van der Waals surface area contributed by atoms with E-state index >= 15 is 0 Å². The number of ether oxygens (including phenoxy) is 2. The molecule has 2 fully saturated rings. The van der Waals surface area contributed by atoms with Crippen LogP contribution >= 0.6 is 0 Å². The molecule has 422 valence electrons. The van der Waals surface area contributed by atoms with Gasteiger partial charge in [-0.15, -0.1) is 10.2 Å². The average molecular weight is 1100 g/mol. The SMILES string of the molecule is Cn1cc(Nc2nccc(-c3ccc4c(c3)CN(C3COC3)CC[C@H]4CC(=O)c3cn(C(C)(C)C)nn3)n2)cn1.Cn1cc(Nc2nccc(-c3ccc4c(c3)CNCC[C@H]4CC(=O)c3cn(C(C)(C)C)nn3)n2)cn1.O=C1COC1. The fourth-order valence-corrected chi connectivity index (χ4v) is 9.89. The van der Waals surface area contributed by atoms with E-state index < -0.39 is 0 Å². The van der Waals surface area contributed by atoms with E-state index in [0.717, 1.165) is 86.1 Å².